The largest absolute Gasteiger partial charge is 0.495 e. The van der Waals surface area contributed by atoms with Crippen molar-refractivity contribution < 1.29 is 26.5 Å². The van der Waals surface area contributed by atoms with E-state index in [0.717, 1.165) is 6.07 Å². The number of pyridine rings is 2. The molecule has 2 N–H and O–H groups in total. The minimum Gasteiger partial charge on any atom is -0.495 e. The fourth-order valence-electron chi connectivity index (χ4n) is 3.14. The lowest BCUT2D eigenvalue weighted by Crippen LogP contribution is -2.30. The van der Waals surface area contributed by atoms with E-state index < -0.39 is 32.2 Å². The first-order chi connectivity index (χ1) is 15.0. The van der Waals surface area contributed by atoms with Crippen molar-refractivity contribution in [2.75, 3.05) is 12.8 Å². The number of aryl methyl sites for hydroxylation is 1. The number of nitrogens with zero attached hydrogens (tertiary/aromatic N) is 5. The van der Waals surface area contributed by atoms with Gasteiger partial charge in [-0.3, -0.25) is 4.40 Å². The van der Waals surface area contributed by atoms with Gasteiger partial charge in [0, 0.05) is 12.3 Å². The summed E-state index contributed by atoms with van der Waals surface area (Å²) in [6.45, 7) is 4.38. The maximum absolute atomic E-state index is 14.4. The number of nitrogens with two attached hydrogens (primary N) is 1. The first-order valence-corrected chi connectivity index (χ1v) is 10.7. The SMILES string of the molecule is COc1cc2ncc(-c3cc(F)c(N)nc3F)n2cc1S(=O)(=O)C(C)(C)c1nc(C)no1. The molecule has 0 aliphatic carbocycles. The topological polar surface area (TPSA) is 138 Å². The zero-order chi connectivity index (χ0) is 23.4. The highest BCUT2D eigenvalue weighted by Gasteiger charge is 2.44. The van der Waals surface area contributed by atoms with Gasteiger partial charge in [0.15, 0.2) is 27.3 Å². The van der Waals surface area contributed by atoms with Crippen LogP contribution in [-0.2, 0) is 14.6 Å². The molecule has 10 nitrogen and oxygen atoms in total. The molecule has 0 saturated carbocycles. The first-order valence-electron chi connectivity index (χ1n) is 9.19. The summed E-state index contributed by atoms with van der Waals surface area (Å²) < 4.78 is 65.7. The quantitative estimate of drug-likeness (QED) is 0.442. The van der Waals surface area contributed by atoms with Gasteiger partial charge in [-0.1, -0.05) is 5.16 Å². The molecule has 0 radical (unpaired) electrons. The molecule has 0 aromatic carbocycles. The lowest BCUT2D eigenvalue weighted by Gasteiger charge is -2.22. The molecule has 0 fully saturated rings. The van der Waals surface area contributed by atoms with Crippen LogP contribution in [0.2, 0.25) is 0 Å². The van der Waals surface area contributed by atoms with Gasteiger partial charge < -0.3 is 15.0 Å². The average Bonchev–Trinajstić information content (AvgIpc) is 3.35. The lowest BCUT2D eigenvalue weighted by molar-refractivity contribution is 0.343. The lowest BCUT2D eigenvalue weighted by atomic mass is 10.2. The van der Waals surface area contributed by atoms with Crippen LogP contribution in [0.15, 0.2) is 33.9 Å². The molecule has 4 rings (SSSR count). The number of fused-ring (bicyclic) bond motifs is 1. The highest BCUT2D eigenvalue weighted by molar-refractivity contribution is 7.92. The van der Waals surface area contributed by atoms with Crippen LogP contribution in [-0.4, -0.2) is 40.0 Å². The second kappa shape index (κ2) is 7.22. The zero-order valence-corrected chi connectivity index (χ0v) is 18.2. The van der Waals surface area contributed by atoms with Crippen LogP contribution >= 0.6 is 0 Å². The van der Waals surface area contributed by atoms with Gasteiger partial charge in [-0.25, -0.2) is 17.8 Å². The van der Waals surface area contributed by atoms with E-state index in [0.29, 0.717) is 0 Å². The number of imidazole rings is 1. The number of rotatable bonds is 5. The normalized spacial score (nSPS) is 12.4. The minimum absolute atomic E-state index is 0.000968. The number of halogens is 2. The Balaban J connectivity index is 1.96. The molecule has 0 aliphatic heterocycles. The van der Waals surface area contributed by atoms with E-state index in [9.17, 15) is 17.2 Å². The Labute approximate surface area is 181 Å². The smallest absolute Gasteiger partial charge is 0.247 e. The van der Waals surface area contributed by atoms with E-state index >= 15 is 0 Å². The third kappa shape index (κ3) is 3.16. The number of hydrogen-bond acceptors (Lipinski definition) is 9. The van der Waals surface area contributed by atoms with Gasteiger partial charge >= 0.3 is 0 Å². The number of aromatic nitrogens is 5. The van der Waals surface area contributed by atoms with Crippen molar-refractivity contribution in [1.29, 1.82) is 0 Å². The molecule has 0 amide bonds. The van der Waals surface area contributed by atoms with E-state index in [2.05, 4.69) is 20.1 Å². The summed E-state index contributed by atoms with van der Waals surface area (Å²) >= 11 is 0. The summed E-state index contributed by atoms with van der Waals surface area (Å²) in [5.74, 6) is -2.39. The van der Waals surface area contributed by atoms with Gasteiger partial charge in [-0.15, -0.1) is 0 Å². The molecule has 32 heavy (non-hydrogen) atoms. The number of ether oxygens (including phenoxy) is 1. The molecule has 0 spiro atoms. The van der Waals surface area contributed by atoms with E-state index in [1.54, 1.807) is 6.92 Å². The predicted octanol–water partition coefficient (Wildman–Crippen LogP) is 2.67. The third-order valence-electron chi connectivity index (χ3n) is 5.03. The predicted molar refractivity (Wildman–Crippen MR) is 109 cm³/mol. The van der Waals surface area contributed by atoms with Crippen molar-refractivity contribution in [1.82, 2.24) is 24.5 Å². The fraction of sp³-hybridized carbons (Fsp3) is 0.263. The number of hydrogen-bond donors (Lipinski definition) is 1. The van der Waals surface area contributed by atoms with Crippen molar-refractivity contribution in [3.05, 3.63) is 48.0 Å². The Morgan fingerprint density at radius 3 is 2.56 bits per heavy atom. The monoisotopic (exact) mass is 464 g/mol. The van der Waals surface area contributed by atoms with Gasteiger partial charge in [0.1, 0.15) is 21.0 Å². The van der Waals surface area contributed by atoms with Crippen LogP contribution in [0.25, 0.3) is 16.9 Å². The Kier molecular flexibility index (Phi) is 4.88. The number of sulfone groups is 1. The molecule has 0 saturated heterocycles. The molecule has 168 valence electrons. The molecule has 0 bridgehead atoms. The van der Waals surface area contributed by atoms with E-state index in [1.165, 1.54) is 43.8 Å². The zero-order valence-electron chi connectivity index (χ0n) is 17.4. The molecular formula is C19H18F2N6O4S. The number of nitrogen functional groups attached to an aromatic ring is 1. The van der Waals surface area contributed by atoms with Crippen LogP contribution in [0.3, 0.4) is 0 Å². The molecule has 4 heterocycles. The second-order valence-corrected chi connectivity index (χ2v) is 9.90. The highest BCUT2D eigenvalue weighted by Crippen LogP contribution is 2.39. The van der Waals surface area contributed by atoms with E-state index in [4.69, 9.17) is 15.0 Å². The van der Waals surface area contributed by atoms with Crippen molar-refractivity contribution in [2.24, 2.45) is 0 Å². The standard InChI is InChI=1S/C19H18F2N6O4S/c1-9-24-18(31-26-9)19(2,3)32(28,29)14-8-27-12(7-23-15(27)6-13(14)30-4)10-5-11(20)17(22)25-16(10)21/h5-8H,1-4H3,(H2,22,25). The fourth-order valence-corrected chi connectivity index (χ4v) is 4.65. The molecular weight excluding hydrogens is 446 g/mol. The van der Waals surface area contributed by atoms with Crippen LogP contribution in [0.1, 0.15) is 25.6 Å². The highest BCUT2D eigenvalue weighted by atomic mass is 32.2. The molecule has 4 aromatic heterocycles. The Bertz CT molecular complexity index is 1460. The van der Waals surface area contributed by atoms with Crippen LogP contribution in [0, 0.1) is 18.7 Å². The molecule has 13 heteroatoms. The third-order valence-corrected chi connectivity index (χ3v) is 7.44. The maximum atomic E-state index is 14.4. The van der Waals surface area contributed by atoms with Gasteiger partial charge in [0.2, 0.25) is 11.8 Å². The van der Waals surface area contributed by atoms with Gasteiger partial charge in [-0.2, -0.15) is 14.4 Å². The molecule has 0 atom stereocenters. The molecule has 4 aromatic rings. The summed E-state index contributed by atoms with van der Waals surface area (Å²) in [4.78, 5) is 11.3. The van der Waals surface area contributed by atoms with Crippen molar-refractivity contribution in [2.45, 2.75) is 30.4 Å². The van der Waals surface area contributed by atoms with E-state index in [-0.39, 0.29) is 39.3 Å². The average molecular weight is 464 g/mol. The molecule has 0 unspecified atom stereocenters. The van der Waals surface area contributed by atoms with Crippen molar-refractivity contribution >= 4 is 21.3 Å². The Morgan fingerprint density at radius 2 is 1.94 bits per heavy atom. The van der Waals surface area contributed by atoms with Crippen LogP contribution in [0.4, 0.5) is 14.6 Å². The summed E-state index contributed by atoms with van der Waals surface area (Å²) in [5, 5.41) is 3.66. The van der Waals surface area contributed by atoms with Crippen molar-refractivity contribution in [3.63, 3.8) is 0 Å². The number of anilines is 1. The van der Waals surface area contributed by atoms with Gasteiger partial charge in [0.05, 0.1) is 24.6 Å². The number of methoxy groups -OCH3 is 1. The van der Waals surface area contributed by atoms with Gasteiger partial charge in [-0.05, 0) is 26.8 Å². The minimum atomic E-state index is -4.19. The van der Waals surface area contributed by atoms with Crippen LogP contribution in [0.5, 0.6) is 5.75 Å². The molecule has 0 aliphatic rings. The van der Waals surface area contributed by atoms with Crippen molar-refractivity contribution in [3.8, 4) is 17.0 Å². The summed E-state index contributed by atoms with van der Waals surface area (Å²) in [5.41, 5.74) is 5.37. The van der Waals surface area contributed by atoms with Gasteiger partial charge in [0.25, 0.3) is 0 Å². The summed E-state index contributed by atoms with van der Waals surface area (Å²) in [7, 11) is -2.88. The first kappa shape index (κ1) is 21.6. The second-order valence-electron chi connectivity index (χ2n) is 7.43. The Morgan fingerprint density at radius 1 is 1.22 bits per heavy atom. The van der Waals surface area contributed by atoms with Crippen LogP contribution < -0.4 is 10.5 Å². The van der Waals surface area contributed by atoms with E-state index in [1.807, 2.05) is 0 Å². The maximum Gasteiger partial charge on any atom is 0.247 e. The summed E-state index contributed by atoms with van der Waals surface area (Å²) in [6.07, 6.45) is 2.47. The summed E-state index contributed by atoms with van der Waals surface area (Å²) in [6, 6.07) is 2.23. The Hall–Kier alpha value is -3.61.